The van der Waals surface area contributed by atoms with Crippen LogP contribution >= 0.6 is 0 Å². The summed E-state index contributed by atoms with van der Waals surface area (Å²) < 4.78 is 28.6. The second-order valence-corrected chi connectivity index (χ2v) is 7.32. The van der Waals surface area contributed by atoms with Crippen molar-refractivity contribution in [1.29, 1.82) is 0 Å². The number of halogens is 2. The van der Waals surface area contributed by atoms with Crippen molar-refractivity contribution in [3.8, 4) is 0 Å². The number of aliphatic hydroxyl groups is 2. The van der Waals surface area contributed by atoms with Crippen LogP contribution in [0.3, 0.4) is 0 Å². The van der Waals surface area contributed by atoms with Gasteiger partial charge in [-0.2, -0.15) is 0 Å². The summed E-state index contributed by atoms with van der Waals surface area (Å²) in [7, 11) is 1.61. The van der Waals surface area contributed by atoms with Gasteiger partial charge in [0.15, 0.2) is 5.82 Å². The largest absolute Gasteiger partial charge is 1.00 e. The van der Waals surface area contributed by atoms with E-state index in [0.717, 1.165) is 0 Å². The van der Waals surface area contributed by atoms with Gasteiger partial charge in [-0.05, 0) is 51.4 Å². The van der Waals surface area contributed by atoms with E-state index in [4.69, 9.17) is 0 Å². The molecule has 0 aliphatic carbocycles. The number of carboxylic acid groups (broad SMARTS) is 1. The molecule has 0 bridgehead atoms. The molecule has 2 aromatic carbocycles. The number of carbonyl (C=O) groups excluding carboxylic acids is 1. The summed E-state index contributed by atoms with van der Waals surface area (Å²) in [6.45, 7) is 0. The van der Waals surface area contributed by atoms with Gasteiger partial charge in [-0.25, -0.2) is 13.5 Å². The molecular formula is C23H21F2N4NaO4. The van der Waals surface area contributed by atoms with Crippen LogP contribution in [0.25, 0.3) is 11.1 Å². The Kier molecular flexibility index (Phi) is 10.2. The van der Waals surface area contributed by atoms with Crippen LogP contribution in [0.2, 0.25) is 0 Å². The number of carbonyl (C=O) groups is 1. The van der Waals surface area contributed by atoms with Crippen LogP contribution < -0.4 is 34.7 Å². The zero-order valence-electron chi connectivity index (χ0n) is 18.6. The van der Waals surface area contributed by atoms with Crippen LogP contribution in [-0.4, -0.2) is 48.6 Å². The Bertz CT molecular complexity index is 1120. The molecule has 2 atom stereocenters. The van der Waals surface area contributed by atoms with Crippen LogP contribution in [0.1, 0.15) is 29.8 Å². The quantitative estimate of drug-likeness (QED) is 0.276. The van der Waals surface area contributed by atoms with E-state index in [1.165, 1.54) is 41.1 Å². The predicted molar refractivity (Wildman–Crippen MR) is 113 cm³/mol. The maximum absolute atomic E-state index is 13.6. The van der Waals surface area contributed by atoms with Crippen molar-refractivity contribution in [2.24, 2.45) is 7.05 Å². The Morgan fingerprint density at radius 3 is 2.03 bits per heavy atom. The second kappa shape index (κ2) is 12.6. The molecule has 0 saturated carbocycles. The van der Waals surface area contributed by atoms with Gasteiger partial charge in [-0.3, -0.25) is 0 Å². The number of aryl methyl sites for hydroxylation is 1. The molecule has 0 spiro atoms. The number of rotatable bonds is 9. The Morgan fingerprint density at radius 2 is 1.59 bits per heavy atom. The summed E-state index contributed by atoms with van der Waals surface area (Å²) in [5.74, 6) is -2.00. The average molecular weight is 478 g/mol. The molecule has 34 heavy (non-hydrogen) atoms. The molecule has 0 radical (unpaired) electrons. The Balaban J connectivity index is 0.00000408. The molecular weight excluding hydrogens is 457 g/mol. The van der Waals surface area contributed by atoms with Gasteiger partial charge in [-0.15, -0.1) is 5.10 Å². The van der Waals surface area contributed by atoms with E-state index in [1.807, 2.05) is 0 Å². The Labute approximate surface area is 216 Å². The van der Waals surface area contributed by atoms with E-state index in [2.05, 4.69) is 15.5 Å². The van der Waals surface area contributed by atoms with Gasteiger partial charge in [0.1, 0.15) is 11.6 Å². The summed E-state index contributed by atoms with van der Waals surface area (Å²) in [6, 6.07) is 11.3. The first-order valence-corrected chi connectivity index (χ1v) is 9.97. The first kappa shape index (κ1) is 27.5. The molecule has 3 aromatic rings. The maximum atomic E-state index is 13.6. The maximum Gasteiger partial charge on any atom is 1.00 e. The molecule has 2 N–H and O–H groups in total. The second-order valence-electron chi connectivity index (χ2n) is 7.32. The van der Waals surface area contributed by atoms with E-state index >= 15 is 0 Å². The van der Waals surface area contributed by atoms with Crippen LogP contribution in [0.5, 0.6) is 0 Å². The summed E-state index contributed by atoms with van der Waals surface area (Å²) >= 11 is 0. The normalized spacial score (nSPS) is 12.7. The molecule has 0 aliphatic heterocycles. The third kappa shape index (κ3) is 7.37. The van der Waals surface area contributed by atoms with Crippen molar-refractivity contribution in [3.63, 3.8) is 0 Å². The van der Waals surface area contributed by atoms with Crippen molar-refractivity contribution in [1.82, 2.24) is 20.2 Å². The number of hydrogen-bond acceptors (Lipinski definition) is 7. The van der Waals surface area contributed by atoms with Crippen LogP contribution in [0.15, 0.2) is 60.7 Å². The summed E-state index contributed by atoms with van der Waals surface area (Å²) in [4.78, 5) is 10.6. The van der Waals surface area contributed by atoms with Crippen LogP contribution in [0.4, 0.5) is 8.78 Å². The number of carboxylic acids is 1. The van der Waals surface area contributed by atoms with Crippen LogP contribution in [0, 0.1) is 11.6 Å². The fraction of sp³-hybridized carbons (Fsp3) is 0.217. The van der Waals surface area contributed by atoms with Crippen molar-refractivity contribution < 1.29 is 58.5 Å². The van der Waals surface area contributed by atoms with Crippen LogP contribution in [-0.2, 0) is 11.8 Å². The van der Waals surface area contributed by atoms with Gasteiger partial charge in [0.25, 0.3) is 0 Å². The van der Waals surface area contributed by atoms with Crippen molar-refractivity contribution in [3.05, 3.63) is 89.3 Å². The zero-order chi connectivity index (χ0) is 24.0. The number of aromatic nitrogens is 4. The Hall–Kier alpha value is -2.76. The Morgan fingerprint density at radius 1 is 1.06 bits per heavy atom. The number of hydrogen-bond donors (Lipinski definition) is 2. The number of allylic oxidation sites excluding steroid dienone is 2. The first-order chi connectivity index (χ1) is 15.7. The molecule has 172 valence electrons. The monoisotopic (exact) mass is 478 g/mol. The summed E-state index contributed by atoms with van der Waals surface area (Å²) in [5.41, 5.74) is 2.12. The van der Waals surface area contributed by atoms with Crippen molar-refractivity contribution in [2.75, 3.05) is 0 Å². The molecule has 0 amide bonds. The molecule has 1 heterocycles. The van der Waals surface area contributed by atoms with E-state index in [1.54, 1.807) is 31.3 Å². The molecule has 8 nitrogen and oxygen atoms in total. The third-order valence-electron chi connectivity index (χ3n) is 4.80. The van der Waals surface area contributed by atoms with Crippen molar-refractivity contribution >= 4 is 17.1 Å². The van der Waals surface area contributed by atoms with Gasteiger partial charge in [0, 0.05) is 31.4 Å². The van der Waals surface area contributed by atoms with Gasteiger partial charge in [-0.1, -0.05) is 36.4 Å². The smallest absolute Gasteiger partial charge is 0.550 e. The third-order valence-corrected chi connectivity index (χ3v) is 4.80. The standard InChI is InChI=1S/C23H22F2N4O4.Na/c1-29-23(26-27-28-29)20(11-10-18(30)12-19(31)13-21(32)33)22(14-2-6-16(24)7-3-14)15-4-8-17(25)9-5-15;/h2-11,18-19,30-31H,12-13H2,1H3,(H,32,33);/q;+1/p-1. The van der Waals surface area contributed by atoms with Crippen molar-refractivity contribution in [2.45, 2.75) is 25.0 Å². The van der Waals surface area contributed by atoms with Gasteiger partial charge >= 0.3 is 29.6 Å². The zero-order valence-corrected chi connectivity index (χ0v) is 20.6. The molecule has 2 unspecified atom stereocenters. The average Bonchev–Trinajstić information content (AvgIpc) is 3.18. The minimum absolute atomic E-state index is 0. The molecule has 3 rings (SSSR count). The fourth-order valence-corrected chi connectivity index (χ4v) is 3.28. The number of benzene rings is 2. The number of tetrazole rings is 1. The fourth-order valence-electron chi connectivity index (χ4n) is 3.28. The summed E-state index contributed by atoms with van der Waals surface area (Å²) in [5, 5.41) is 42.2. The SMILES string of the molecule is Cn1nnnc1C(C=CC(O)CC(O)CC(=O)[O-])=C(c1ccc(F)cc1)c1ccc(F)cc1.[Na+]. The first-order valence-electron chi connectivity index (χ1n) is 9.97. The number of nitrogens with zero attached hydrogens (tertiary/aromatic N) is 4. The number of aliphatic carboxylic acids is 1. The van der Waals surface area contributed by atoms with E-state index in [9.17, 15) is 28.9 Å². The molecule has 11 heteroatoms. The van der Waals surface area contributed by atoms with E-state index in [0.29, 0.717) is 28.1 Å². The molecule has 0 fully saturated rings. The number of aliphatic hydroxyl groups excluding tert-OH is 2. The minimum atomic E-state index is -1.43. The van der Waals surface area contributed by atoms with E-state index < -0.39 is 36.2 Å². The topological polar surface area (TPSA) is 124 Å². The summed E-state index contributed by atoms with van der Waals surface area (Å²) in [6.07, 6.45) is -0.473. The predicted octanol–water partition coefficient (Wildman–Crippen LogP) is -1.74. The molecule has 1 aromatic heterocycles. The molecule has 0 saturated heterocycles. The minimum Gasteiger partial charge on any atom is -0.550 e. The van der Waals surface area contributed by atoms with Gasteiger partial charge in [0.2, 0.25) is 0 Å². The van der Waals surface area contributed by atoms with Gasteiger partial charge in [0.05, 0.1) is 12.2 Å². The molecule has 0 aliphatic rings. The van der Waals surface area contributed by atoms with Gasteiger partial charge < -0.3 is 20.1 Å². The van der Waals surface area contributed by atoms with E-state index in [-0.39, 0.29) is 36.0 Å².